The molecule has 0 spiro atoms. The average Bonchev–Trinajstić information content (AvgIpc) is 3.07. The van der Waals surface area contributed by atoms with Crippen molar-refractivity contribution in [3.63, 3.8) is 0 Å². The maximum atomic E-state index is 15.0. The van der Waals surface area contributed by atoms with E-state index in [-0.39, 0.29) is 0 Å². The Labute approximate surface area is 351 Å². The van der Waals surface area contributed by atoms with Crippen molar-refractivity contribution in [2.45, 2.75) is 126 Å². The van der Waals surface area contributed by atoms with Crippen LogP contribution in [0.5, 0.6) is 0 Å². The van der Waals surface area contributed by atoms with Crippen LogP contribution in [-0.4, -0.2) is 134 Å². The fourth-order valence-corrected chi connectivity index (χ4v) is 6.08. The average molecular weight is 1200 g/mol. The van der Waals surface area contributed by atoms with Gasteiger partial charge in [-0.3, -0.25) is 0 Å². The quantitative estimate of drug-likeness (QED) is 0.0898. The Balaban J connectivity index is 8.71. The second-order valence-corrected chi connectivity index (χ2v) is 14.8. The Morgan fingerprint density at radius 1 is 0.155 bits per heavy atom. The molecular weight excluding hydrogens is 1200 g/mol. The lowest BCUT2D eigenvalue weighted by Crippen LogP contribution is -2.82. The summed E-state index contributed by atoms with van der Waals surface area (Å²) in [6.45, 7) is 0. The minimum Gasteiger partial charge on any atom is -0.302 e. The summed E-state index contributed by atoms with van der Waals surface area (Å²) in [5, 5.41) is 0. The van der Waals surface area contributed by atoms with Gasteiger partial charge in [0.1, 0.15) is 0 Å². The van der Waals surface area contributed by atoms with Crippen molar-refractivity contribution < 1.29 is 215 Å². The molecule has 0 saturated heterocycles. The van der Waals surface area contributed by atoms with Crippen molar-refractivity contribution in [1.82, 2.24) is 0 Å². The first-order chi connectivity index (χ1) is 29.6. The van der Waals surface area contributed by atoms with Gasteiger partial charge in [-0.25, -0.2) is 0 Å². The molecule has 0 aliphatic heterocycles. The predicted octanol–water partition coefficient (Wildman–Crippen LogP) is 14.4. The van der Waals surface area contributed by atoms with Crippen LogP contribution >= 0.6 is 0 Å². The normalized spacial score (nSPS) is 17.3. The fraction of sp³-hybridized carbons (Fsp3) is 1.00. The number of rotatable bonds is 20. The monoisotopic (exact) mass is 1200 g/mol. The van der Waals surface area contributed by atoms with E-state index in [2.05, 4.69) is 0 Å². The topological polar surface area (TPSA) is 27.7 Å². The smallest absolute Gasteiger partial charge is 0.302 e. The van der Waals surface area contributed by atoms with E-state index in [0.717, 1.165) is 13.3 Å². The van der Waals surface area contributed by atoms with Crippen molar-refractivity contribution in [3.05, 3.63) is 0 Å². The first kappa shape index (κ1) is 67.9. The van der Waals surface area contributed by atoms with E-state index in [4.69, 9.17) is 0 Å². The zero-order valence-corrected chi connectivity index (χ0v) is 30.6. The summed E-state index contributed by atoms with van der Waals surface area (Å²) in [5.41, 5.74) is -10.6. The van der Waals surface area contributed by atoms with Gasteiger partial charge in [-0.1, -0.05) is 0 Å². The molecule has 3 nitrogen and oxygen atoms in total. The lowest BCUT2D eigenvalue weighted by Gasteiger charge is -2.47. The second-order valence-electron chi connectivity index (χ2n) is 12.4. The SMILES string of the molecule is FC(F)(F)C(F)(F)O[Si](OC(F)(F)C(F)(F)F)(OC(F)(F)C(F)(F)F)C(F)(F)C(F)(F)C(F)(F)C(F)(F)C(F)(F)C(F)(F)C(F)(F)C(F)(F)C(F)(F)C(F)(F)C(F)(F)C(F)(F)C(F)(F)C(F)(F)C(F)(F)F. The molecule has 0 aliphatic rings. The van der Waals surface area contributed by atoms with Gasteiger partial charge >= 0.3 is 134 Å². The highest BCUT2D eigenvalue weighted by Gasteiger charge is 3.03. The summed E-state index contributed by atoms with van der Waals surface area (Å²) < 4.78 is 626. The van der Waals surface area contributed by atoms with Crippen LogP contribution in [0, 0.1) is 0 Å². The van der Waals surface area contributed by atoms with E-state index in [0.29, 0.717) is 0 Å². The molecule has 0 saturated carbocycles. The maximum absolute atomic E-state index is 15.0. The first-order valence-electron chi connectivity index (χ1n) is 14.4. The molecule has 0 N–H and O–H groups in total. The Kier molecular flexibility index (Phi) is 16.0. The molecule has 0 unspecified atom stereocenters. The third-order valence-corrected chi connectivity index (χ3v) is 10.3. The van der Waals surface area contributed by atoms with E-state index in [1.807, 2.05) is 0 Å². The summed E-state index contributed by atoms with van der Waals surface area (Å²) in [5.74, 6) is -136. The molecule has 0 fully saturated rings. The van der Waals surface area contributed by atoms with Crippen molar-refractivity contribution in [2.24, 2.45) is 0 Å². The van der Waals surface area contributed by atoms with Crippen LogP contribution in [0.1, 0.15) is 0 Å². The molecule has 0 aromatic heterocycles. The molecule has 50 heteroatoms. The third-order valence-electron chi connectivity index (χ3n) is 7.64. The summed E-state index contributed by atoms with van der Waals surface area (Å²) >= 11 is 0. The predicted molar refractivity (Wildman–Crippen MR) is 117 cm³/mol. The molecule has 0 aromatic rings. The highest BCUT2D eigenvalue weighted by Crippen LogP contribution is 2.70. The van der Waals surface area contributed by atoms with Gasteiger partial charge in [0.2, 0.25) is 0 Å². The molecule has 0 amide bonds. The Bertz CT molecular complexity index is 1820. The summed E-state index contributed by atoms with van der Waals surface area (Å²) in [6.07, 6.45) is -61.8. The molecule has 0 aliphatic carbocycles. The highest BCUT2D eigenvalue weighted by molar-refractivity contribution is 6.64. The maximum Gasteiger partial charge on any atom is 0.595 e. The lowest BCUT2D eigenvalue weighted by atomic mass is 9.83. The summed E-state index contributed by atoms with van der Waals surface area (Å²) in [6, 6.07) is 0. The zero-order chi connectivity index (χ0) is 59.1. The van der Waals surface area contributed by atoms with E-state index in [9.17, 15) is 202 Å². The molecular formula is C21F46O3Si. The van der Waals surface area contributed by atoms with Crippen LogP contribution in [0.25, 0.3) is 0 Å². The lowest BCUT2D eigenvalue weighted by molar-refractivity contribution is -0.489. The van der Waals surface area contributed by atoms with Gasteiger partial charge in [0.05, 0.1) is 0 Å². The zero-order valence-electron chi connectivity index (χ0n) is 29.6. The number of hydrogen-bond acceptors (Lipinski definition) is 3. The largest absolute Gasteiger partial charge is 0.595 e. The summed E-state index contributed by atoms with van der Waals surface area (Å²) in [7, 11) is -12.4. The van der Waals surface area contributed by atoms with Crippen molar-refractivity contribution in [2.75, 3.05) is 0 Å². The van der Waals surface area contributed by atoms with Gasteiger partial charge in [0.25, 0.3) is 0 Å². The third kappa shape index (κ3) is 9.00. The fourth-order valence-electron chi connectivity index (χ4n) is 3.67. The molecule has 0 bridgehead atoms. The highest BCUT2D eigenvalue weighted by atomic mass is 28.4. The van der Waals surface area contributed by atoms with Crippen molar-refractivity contribution in [1.29, 1.82) is 0 Å². The van der Waals surface area contributed by atoms with E-state index in [1.54, 1.807) is 0 Å². The van der Waals surface area contributed by atoms with Gasteiger partial charge in [-0.2, -0.15) is 202 Å². The van der Waals surface area contributed by atoms with Crippen molar-refractivity contribution in [3.8, 4) is 0 Å². The van der Waals surface area contributed by atoms with Gasteiger partial charge < -0.3 is 13.3 Å². The van der Waals surface area contributed by atoms with Gasteiger partial charge in [0.15, 0.2) is 0 Å². The standard InChI is InChI=1S/C21F46O3Si/c22-1(23,2(24,25)4(28,29)6(32,33)8(36,37)10(40,41)12(44,45)14(48,49)50)3(26,27)5(30,31)7(34,35)9(38,39)11(42,43)13(46,47)21(66,67)71(68-18(60,61)15(51,52)53,69-19(62,63)16(54,55)56)70-20(64,65)17(57,58)59. The van der Waals surface area contributed by atoms with Crippen molar-refractivity contribution >= 4 is 8.80 Å². The molecule has 0 rings (SSSR count). The van der Waals surface area contributed by atoms with Gasteiger partial charge in [-0.15, -0.1) is 0 Å². The number of halogens is 46. The van der Waals surface area contributed by atoms with Crippen LogP contribution in [0.4, 0.5) is 202 Å². The molecule has 71 heavy (non-hydrogen) atoms. The Hall–Kier alpha value is -3.12. The van der Waals surface area contributed by atoms with E-state index >= 15 is 0 Å². The minimum absolute atomic E-state index is 0.840. The van der Waals surface area contributed by atoms with Crippen LogP contribution in [0.3, 0.4) is 0 Å². The van der Waals surface area contributed by atoms with Gasteiger partial charge in [-0.05, 0) is 0 Å². The van der Waals surface area contributed by atoms with Crippen LogP contribution in [0.2, 0.25) is 0 Å². The molecule has 428 valence electrons. The van der Waals surface area contributed by atoms with E-state index < -0.39 is 134 Å². The first-order valence-corrected chi connectivity index (χ1v) is 16.1. The molecule has 0 atom stereocenters. The molecule has 0 heterocycles. The Morgan fingerprint density at radius 3 is 0.408 bits per heavy atom. The number of hydrogen-bond donors (Lipinski definition) is 0. The summed E-state index contributed by atoms with van der Waals surface area (Å²) in [4.78, 5) is 0. The minimum atomic E-state index is -12.4. The van der Waals surface area contributed by atoms with Crippen LogP contribution in [0.15, 0.2) is 0 Å². The van der Waals surface area contributed by atoms with Gasteiger partial charge in [0, 0.05) is 0 Å². The number of alkyl halides is 46. The molecule has 0 radical (unpaired) electrons. The van der Waals surface area contributed by atoms with E-state index in [1.165, 1.54) is 0 Å². The van der Waals surface area contributed by atoms with Crippen LogP contribution < -0.4 is 0 Å². The molecule has 0 aromatic carbocycles. The second kappa shape index (κ2) is 16.7. The van der Waals surface area contributed by atoms with Crippen LogP contribution in [-0.2, 0) is 13.3 Å². The Morgan fingerprint density at radius 2 is 0.282 bits per heavy atom.